The highest BCUT2D eigenvalue weighted by molar-refractivity contribution is 5.58. The van der Waals surface area contributed by atoms with Crippen molar-refractivity contribution >= 4 is 11.8 Å². The second-order valence-electron chi connectivity index (χ2n) is 6.75. The van der Waals surface area contributed by atoms with Gasteiger partial charge in [-0.25, -0.2) is 4.98 Å². The van der Waals surface area contributed by atoms with Gasteiger partial charge in [-0.15, -0.1) is 0 Å². The molecule has 0 spiro atoms. The molecular formula is C20H23N5O3. The number of piperidine rings is 1. The van der Waals surface area contributed by atoms with E-state index in [1.165, 1.54) is 0 Å². The Morgan fingerprint density at radius 3 is 2.93 bits per heavy atom. The van der Waals surface area contributed by atoms with Crippen molar-refractivity contribution in [3.8, 4) is 17.1 Å². The molecule has 1 aliphatic rings. The molecule has 1 fully saturated rings. The molecular weight excluding hydrogens is 358 g/mol. The van der Waals surface area contributed by atoms with Crippen LogP contribution < -0.4 is 15.0 Å². The fraction of sp³-hybridized carbons (Fsp3) is 0.350. The first kappa shape index (κ1) is 18.2. The number of hydrogen-bond donors (Lipinski definition) is 2. The Morgan fingerprint density at radius 1 is 1.29 bits per heavy atom. The lowest BCUT2D eigenvalue weighted by atomic mass is 10.1. The van der Waals surface area contributed by atoms with E-state index in [0.29, 0.717) is 24.8 Å². The average Bonchev–Trinajstić information content (AvgIpc) is 3.22. The van der Waals surface area contributed by atoms with Gasteiger partial charge in [0.1, 0.15) is 17.3 Å². The molecule has 2 aromatic heterocycles. The van der Waals surface area contributed by atoms with Crippen molar-refractivity contribution in [1.82, 2.24) is 15.1 Å². The lowest BCUT2D eigenvalue weighted by molar-refractivity contribution is 0.154. The van der Waals surface area contributed by atoms with Gasteiger partial charge in [-0.3, -0.25) is 0 Å². The van der Waals surface area contributed by atoms with E-state index in [2.05, 4.69) is 25.3 Å². The number of β-amino-alcohol motifs (C(OH)–C–C–N with tert-alkyl or cyclic N) is 1. The van der Waals surface area contributed by atoms with Gasteiger partial charge in [0.15, 0.2) is 5.76 Å². The first-order chi connectivity index (χ1) is 13.7. The van der Waals surface area contributed by atoms with Gasteiger partial charge in [0.2, 0.25) is 5.95 Å². The number of hydrogen-bond acceptors (Lipinski definition) is 8. The Morgan fingerprint density at radius 2 is 2.14 bits per heavy atom. The summed E-state index contributed by atoms with van der Waals surface area (Å²) in [5.74, 6) is 2.82. The monoisotopic (exact) mass is 381 g/mol. The number of nitrogens with one attached hydrogen (secondary N) is 1. The third-order valence-electron chi connectivity index (χ3n) is 4.72. The zero-order valence-electron chi connectivity index (χ0n) is 15.7. The third-order valence-corrected chi connectivity index (χ3v) is 4.72. The molecule has 3 heterocycles. The van der Waals surface area contributed by atoms with Crippen LogP contribution in [0.25, 0.3) is 11.3 Å². The van der Waals surface area contributed by atoms with E-state index in [4.69, 9.17) is 9.26 Å². The molecule has 0 radical (unpaired) electrons. The van der Waals surface area contributed by atoms with E-state index >= 15 is 0 Å². The lowest BCUT2D eigenvalue weighted by Gasteiger charge is -2.31. The van der Waals surface area contributed by atoms with E-state index in [0.717, 1.165) is 42.2 Å². The maximum absolute atomic E-state index is 9.86. The van der Waals surface area contributed by atoms with Crippen LogP contribution in [-0.4, -0.2) is 46.5 Å². The molecule has 8 nitrogen and oxygen atoms in total. The fourth-order valence-electron chi connectivity index (χ4n) is 3.23. The number of anilines is 2. The Hall–Kier alpha value is -3.13. The molecule has 1 aromatic carbocycles. The van der Waals surface area contributed by atoms with E-state index in [9.17, 15) is 5.11 Å². The maximum Gasteiger partial charge on any atom is 0.224 e. The normalized spacial score (nSPS) is 16.8. The van der Waals surface area contributed by atoms with Gasteiger partial charge in [-0.05, 0) is 43.2 Å². The molecule has 1 atom stereocenters. The van der Waals surface area contributed by atoms with Crippen molar-refractivity contribution in [2.75, 3.05) is 30.4 Å². The van der Waals surface area contributed by atoms with Crippen molar-refractivity contribution in [3.63, 3.8) is 0 Å². The molecule has 8 heteroatoms. The van der Waals surface area contributed by atoms with Crippen LogP contribution in [0.5, 0.6) is 5.75 Å². The summed E-state index contributed by atoms with van der Waals surface area (Å²) in [6.07, 6.45) is 3.22. The number of nitrogens with zero attached hydrogens (tertiary/aromatic N) is 4. The highest BCUT2D eigenvalue weighted by Gasteiger charge is 2.19. The van der Waals surface area contributed by atoms with Gasteiger partial charge < -0.3 is 24.6 Å². The van der Waals surface area contributed by atoms with Crippen LogP contribution >= 0.6 is 0 Å². The van der Waals surface area contributed by atoms with E-state index in [1.807, 2.05) is 36.4 Å². The van der Waals surface area contributed by atoms with E-state index in [-0.39, 0.29) is 6.10 Å². The summed E-state index contributed by atoms with van der Waals surface area (Å²) in [6.45, 7) is 1.94. The molecule has 0 bridgehead atoms. The van der Waals surface area contributed by atoms with Crippen molar-refractivity contribution in [1.29, 1.82) is 0 Å². The number of aliphatic hydroxyl groups is 1. The molecule has 28 heavy (non-hydrogen) atoms. The van der Waals surface area contributed by atoms with Crippen molar-refractivity contribution < 1.29 is 14.4 Å². The number of aromatic nitrogens is 3. The number of benzene rings is 1. The molecule has 4 rings (SSSR count). The molecule has 0 amide bonds. The maximum atomic E-state index is 9.86. The van der Waals surface area contributed by atoms with E-state index in [1.54, 1.807) is 13.3 Å². The van der Waals surface area contributed by atoms with Crippen LogP contribution in [-0.2, 0) is 6.54 Å². The minimum absolute atomic E-state index is 0.299. The summed E-state index contributed by atoms with van der Waals surface area (Å²) >= 11 is 0. The molecule has 1 saturated heterocycles. The molecule has 3 aromatic rings. The van der Waals surface area contributed by atoms with Gasteiger partial charge in [0, 0.05) is 30.9 Å². The summed E-state index contributed by atoms with van der Waals surface area (Å²) in [6, 6.07) is 11.4. The first-order valence-electron chi connectivity index (χ1n) is 9.31. The smallest absolute Gasteiger partial charge is 0.224 e. The SMILES string of the molecule is COc1ccc(-c2cc(CNc3nccc(N4CCCC(O)C4)n3)no2)cc1. The van der Waals surface area contributed by atoms with Gasteiger partial charge in [0.25, 0.3) is 0 Å². The minimum atomic E-state index is -0.299. The summed E-state index contributed by atoms with van der Waals surface area (Å²) in [5, 5.41) is 17.1. The van der Waals surface area contributed by atoms with Crippen molar-refractivity contribution in [2.24, 2.45) is 0 Å². The highest BCUT2D eigenvalue weighted by atomic mass is 16.5. The van der Waals surface area contributed by atoms with Gasteiger partial charge in [0.05, 0.1) is 19.8 Å². The summed E-state index contributed by atoms with van der Waals surface area (Å²) < 4.78 is 10.6. The van der Waals surface area contributed by atoms with Crippen LogP contribution in [0.15, 0.2) is 47.1 Å². The quantitative estimate of drug-likeness (QED) is 0.673. The van der Waals surface area contributed by atoms with Crippen LogP contribution in [0.3, 0.4) is 0 Å². The number of ether oxygens (including phenoxy) is 1. The largest absolute Gasteiger partial charge is 0.497 e. The Balaban J connectivity index is 1.39. The molecule has 2 N–H and O–H groups in total. The lowest BCUT2D eigenvalue weighted by Crippen LogP contribution is -2.38. The Labute approximate surface area is 163 Å². The predicted octanol–water partition coefficient (Wildman–Crippen LogP) is 2.71. The predicted molar refractivity (Wildman–Crippen MR) is 105 cm³/mol. The van der Waals surface area contributed by atoms with Crippen LogP contribution in [0, 0.1) is 0 Å². The number of aliphatic hydroxyl groups excluding tert-OH is 1. The molecule has 1 unspecified atom stereocenters. The second kappa shape index (κ2) is 8.26. The van der Waals surface area contributed by atoms with Crippen LogP contribution in [0.4, 0.5) is 11.8 Å². The zero-order valence-corrected chi connectivity index (χ0v) is 15.7. The number of methoxy groups -OCH3 is 1. The highest BCUT2D eigenvalue weighted by Crippen LogP contribution is 2.23. The summed E-state index contributed by atoms with van der Waals surface area (Å²) in [5.41, 5.74) is 1.69. The zero-order chi connectivity index (χ0) is 19.3. The minimum Gasteiger partial charge on any atom is -0.497 e. The molecule has 1 aliphatic heterocycles. The molecule has 146 valence electrons. The van der Waals surface area contributed by atoms with Crippen LogP contribution in [0.1, 0.15) is 18.5 Å². The number of rotatable bonds is 6. The topological polar surface area (TPSA) is 96.5 Å². The summed E-state index contributed by atoms with van der Waals surface area (Å²) in [7, 11) is 1.64. The standard InChI is InChI=1S/C20H23N5O3/c1-27-17-6-4-14(5-7-17)18-11-15(24-28-18)12-22-20-21-9-8-19(23-20)25-10-2-3-16(26)13-25/h4-9,11,16,26H,2-3,10,12-13H2,1H3,(H,21,22,23). The Kier molecular flexibility index (Phi) is 5.38. The third kappa shape index (κ3) is 4.23. The first-order valence-corrected chi connectivity index (χ1v) is 9.31. The fourth-order valence-corrected chi connectivity index (χ4v) is 3.23. The van der Waals surface area contributed by atoms with Gasteiger partial charge in [-0.2, -0.15) is 4.98 Å². The molecule has 0 aliphatic carbocycles. The van der Waals surface area contributed by atoms with Crippen molar-refractivity contribution in [2.45, 2.75) is 25.5 Å². The van der Waals surface area contributed by atoms with Gasteiger partial charge >= 0.3 is 0 Å². The molecule has 0 saturated carbocycles. The van der Waals surface area contributed by atoms with Gasteiger partial charge in [-0.1, -0.05) is 5.16 Å². The van der Waals surface area contributed by atoms with Crippen molar-refractivity contribution in [3.05, 3.63) is 48.3 Å². The van der Waals surface area contributed by atoms with Crippen LogP contribution in [0.2, 0.25) is 0 Å². The Bertz CT molecular complexity index is 912. The average molecular weight is 381 g/mol. The van der Waals surface area contributed by atoms with E-state index < -0.39 is 0 Å². The second-order valence-corrected chi connectivity index (χ2v) is 6.75. The summed E-state index contributed by atoms with van der Waals surface area (Å²) in [4.78, 5) is 10.9.